The summed E-state index contributed by atoms with van der Waals surface area (Å²) < 4.78 is 2.11. The van der Waals surface area contributed by atoms with Crippen LogP contribution in [0.1, 0.15) is 32.9 Å². The molecule has 0 aliphatic carbocycles. The first-order chi connectivity index (χ1) is 12.8. The third-order valence-corrected chi connectivity index (χ3v) is 5.41. The summed E-state index contributed by atoms with van der Waals surface area (Å²) in [6.07, 6.45) is 0. The number of thioether (sulfide) groups is 1. The highest BCUT2D eigenvalue weighted by Crippen LogP contribution is 2.25. The number of ketones is 1. The summed E-state index contributed by atoms with van der Waals surface area (Å²) >= 11 is 1.23. The van der Waals surface area contributed by atoms with Gasteiger partial charge in [-0.1, -0.05) is 17.8 Å². The van der Waals surface area contributed by atoms with Crippen molar-refractivity contribution in [1.82, 2.24) is 14.5 Å². The van der Waals surface area contributed by atoms with Crippen molar-refractivity contribution >= 4 is 29.2 Å². The molecular weight excluding hydrogens is 358 g/mol. The van der Waals surface area contributed by atoms with E-state index in [2.05, 4.69) is 46.6 Å². The number of hydrogen-bond donors (Lipinski definition) is 2. The lowest BCUT2D eigenvalue weighted by molar-refractivity contribution is 0.102. The van der Waals surface area contributed by atoms with Crippen molar-refractivity contribution in [3.8, 4) is 5.69 Å². The average molecular weight is 382 g/mol. The number of anilines is 2. The number of nitrogens with two attached hydrogens (primary N) is 2. The van der Waals surface area contributed by atoms with Crippen molar-refractivity contribution in [2.24, 2.45) is 0 Å². The second kappa shape index (κ2) is 7.44. The zero-order valence-electron chi connectivity index (χ0n) is 15.9. The molecule has 0 fully saturated rings. The fourth-order valence-corrected chi connectivity index (χ4v) is 3.80. The molecule has 0 atom stereocenters. The maximum absolute atomic E-state index is 12.8. The number of carbonyl (C=O) groups excluding carboxylic acids is 1. The number of aromatic nitrogens is 3. The van der Waals surface area contributed by atoms with Crippen LogP contribution < -0.4 is 11.5 Å². The first kappa shape index (κ1) is 19.0. The minimum atomic E-state index is 0.0211. The molecule has 0 aliphatic heterocycles. The molecule has 6 nitrogen and oxygen atoms in total. The predicted molar refractivity (Wildman–Crippen MR) is 111 cm³/mol. The normalized spacial score (nSPS) is 11.0. The molecule has 0 bridgehead atoms. The maximum Gasteiger partial charge on any atom is 0.191 e. The molecule has 0 amide bonds. The zero-order valence-corrected chi connectivity index (χ0v) is 16.7. The van der Waals surface area contributed by atoms with Gasteiger partial charge < -0.3 is 16.0 Å². The average Bonchev–Trinajstić information content (AvgIpc) is 2.89. The van der Waals surface area contributed by atoms with Crippen molar-refractivity contribution in [1.29, 1.82) is 0 Å². The Balaban J connectivity index is 1.84. The molecule has 3 rings (SSSR count). The topological polar surface area (TPSA) is 99.8 Å². The number of aryl methyl sites for hydroxylation is 3. The molecule has 2 heterocycles. The third-order valence-electron chi connectivity index (χ3n) is 4.56. The van der Waals surface area contributed by atoms with E-state index in [-0.39, 0.29) is 11.5 Å². The van der Waals surface area contributed by atoms with Gasteiger partial charge in [0.25, 0.3) is 0 Å². The summed E-state index contributed by atoms with van der Waals surface area (Å²) in [4.78, 5) is 21.0. The predicted octanol–water partition coefficient (Wildman–Crippen LogP) is 3.64. The Kier molecular flexibility index (Phi) is 5.23. The number of carbonyl (C=O) groups is 1. The van der Waals surface area contributed by atoms with Crippen LogP contribution in [0.25, 0.3) is 5.69 Å². The van der Waals surface area contributed by atoms with Gasteiger partial charge in [-0.3, -0.25) is 4.79 Å². The lowest BCUT2D eigenvalue weighted by atomic mass is 10.1. The summed E-state index contributed by atoms with van der Waals surface area (Å²) in [5, 5.41) is 0.406. The van der Waals surface area contributed by atoms with Gasteiger partial charge in [0.2, 0.25) is 0 Å². The number of rotatable bonds is 5. The van der Waals surface area contributed by atoms with Crippen molar-refractivity contribution in [2.75, 3.05) is 17.2 Å². The molecule has 0 saturated carbocycles. The molecule has 0 spiro atoms. The Bertz CT molecular complexity index is 1010. The minimum absolute atomic E-state index is 0.0211. The first-order valence-corrected chi connectivity index (χ1v) is 9.57. The highest BCUT2D eigenvalue weighted by molar-refractivity contribution is 7.99. The van der Waals surface area contributed by atoms with Gasteiger partial charge in [-0.05, 0) is 57.0 Å². The highest BCUT2D eigenvalue weighted by Gasteiger charge is 2.18. The van der Waals surface area contributed by atoms with E-state index in [0.29, 0.717) is 22.4 Å². The van der Waals surface area contributed by atoms with Crippen molar-refractivity contribution in [2.45, 2.75) is 32.9 Å². The van der Waals surface area contributed by atoms with Crippen LogP contribution in [0.3, 0.4) is 0 Å². The fraction of sp³-hybridized carbons (Fsp3) is 0.250. The van der Waals surface area contributed by atoms with E-state index in [1.165, 1.54) is 29.0 Å². The maximum atomic E-state index is 12.8. The summed E-state index contributed by atoms with van der Waals surface area (Å²) in [6.45, 7) is 8.15. The number of Topliss-reactive ketones (excluding diaryl/α,β-unsaturated/α-hetero) is 1. The van der Waals surface area contributed by atoms with Crippen LogP contribution in [0.2, 0.25) is 0 Å². The molecule has 1 aromatic carbocycles. The quantitative estimate of drug-likeness (QED) is 0.398. The molecule has 140 valence electrons. The SMILES string of the molecule is Cc1ccc(-n2c(C)cc(C(=O)CSc3nc(N)cc(N)n3)c2C)cc1C. The van der Waals surface area contributed by atoms with Crippen LogP contribution in [-0.4, -0.2) is 26.1 Å². The second-order valence-electron chi connectivity index (χ2n) is 6.60. The summed E-state index contributed by atoms with van der Waals surface area (Å²) in [5.74, 6) is 0.837. The molecule has 0 saturated heterocycles. The van der Waals surface area contributed by atoms with E-state index >= 15 is 0 Å². The first-order valence-electron chi connectivity index (χ1n) is 8.59. The highest BCUT2D eigenvalue weighted by atomic mass is 32.2. The van der Waals surface area contributed by atoms with E-state index in [1.54, 1.807) is 0 Å². The van der Waals surface area contributed by atoms with Crippen molar-refractivity contribution < 1.29 is 4.79 Å². The van der Waals surface area contributed by atoms with Gasteiger partial charge in [-0.25, -0.2) is 9.97 Å². The van der Waals surface area contributed by atoms with Gasteiger partial charge >= 0.3 is 0 Å². The zero-order chi connectivity index (χ0) is 19.7. The molecule has 0 aliphatic rings. The van der Waals surface area contributed by atoms with Gasteiger partial charge in [0.05, 0.1) is 5.75 Å². The van der Waals surface area contributed by atoms with Gasteiger partial charge in [0.1, 0.15) is 11.6 Å². The van der Waals surface area contributed by atoms with Crippen LogP contribution in [0.4, 0.5) is 11.6 Å². The van der Waals surface area contributed by atoms with Gasteiger partial charge in [0, 0.05) is 28.7 Å². The minimum Gasteiger partial charge on any atom is -0.383 e. The molecule has 0 unspecified atom stereocenters. The smallest absolute Gasteiger partial charge is 0.191 e. The van der Waals surface area contributed by atoms with Crippen LogP contribution in [0, 0.1) is 27.7 Å². The number of nitrogen functional groups attached to an aromatic ring is 2. The largest absolute Gasteiger partial charge is 0.383 e. The molecule has 4 N–H and O–H groups in total. The summed E-state index contributed by atoms with van der Waals surface area (Å²) in [7, 11) is 0. The number of hydrogen-bond acceptors (Lipinski definition) is 6. The molecule has 3 aromatic rings. The Hall–Kier alpha value is -2.80. The van der Waals surface area contributed by atoms with E-state index in [9.17, 15) is 4.79 Å². The Morgan fingerprint density at radius 2 is 1.67 bits per heavy atom. The molecule has 0 radical (unpaired) electrons. The van der Waals surface area contributed by atoms with Gasteiger partial charge in [-0.2, -0.15) is 0 Å². The lowest BCUT2D eigenvalue weighted by Gasteiger charge is -2.12. The van der Waals surface area contributed by atoms with E-state index in [0.717, 1.165) is 17.1 Å². The van der Waals surface area contributed by atoms with Gasteiger partial charge in [0.15, 0.2) is 10.9 Å². The van der Waals surface area contributed by atoms with Crippen molar-refractivity contribution in [3.05, 3.63) is 58.4 Å². The number of benzene rings is 1. The Morgan fingerprint density at radius 3 is 2.30 bits per heavy atom. The standard InChI is InChI=1S/C20H23N5OS/c1-11-5-6-15(7-12(11)2)25-13(3)8-16(14(25)4)17(26)10-27-20-23-18(21)9-19(22)24-20/h5-9H,10H2,1-4H3,(H4,21,22,23,24). The van der Waals surface area contributed by atoms with E-state index in [1.807, 2.05) is 19.9 Å². The van der Waals surface area contributed by atoms with Crippen LogP contribution in [0.5, 0.6) is 0 Å². The fourth-order valence-electron chi connectivity index (χ4n) is 3.04. The van der Waals surface area contributed by atoms with Gasteiger partial charge in [-0.15, -0.1) is 0 Å². The molecule has 7 heteroatoms. The second-order valence-corrected chi connectivity index (χ2v) is 7.54. The van der Waals surface area contributed by atoms with Crippen LogP contribution in [0.15, 0.2) is 35.5 Å². The summed E-state index contributed by atoms with van der Waals surface area (Å²) in [5.41, 5.74) is 17.5. The van der Waals surface area contributed by atoms with Crippen LogP contribution >= 0.6 is 11.8 Å². The number of nitrogens with zero attached hydrogens (tertiary/aromatic N) is 3. The van der Waals surface area contributed by atoms with Crippen molar-refractivity contribution in [3.63, 3.8) is 0 Å². The molecule has 2 aromatic heterocycles. The van der Waals surface area contributed by atoms with E-state index in [4.69, 9.17) is 11.5 Å². The Labute approximate surface area is 163 Å². The third kappa shape index (κ3) is 3.98. The monoisotopic (exact) mass is 381 g/mol. The Morgan fingerprint density at radius 1 is 1.00 bits per heavy atom. The molecule has 27 heavy (non-hydrogen) atoms. The summed E-state index contributed by atoms with van der Waals surface area (Å²) in [6, 6.07) is 9.74. The lowest BCUT2D eigenvalue weighted by Crippen LogP contribution is -2.07. The molecular formula is C20H23N5OS. The van der Waals surface area contributed by atoms with Crippen LogP contribution in [-0.2, 0) is 0 Å². The van der Waals surface area contributed by atoms with E-state index < -0.39 is 0 Å².